The van der Waals surface area contributed by atoms with Crippen LogP contribution in [0.15, 0.2) is 18.2 Å². The number of nitrogens with one attached hydrogen (secondary N) is 1. The molecule has 3 heteroatoms. The lowest BCUT2D eigenvalue weighted by Gasteiger charge is -2.42. The molecule has 1 N–H and O–H groups in total. The predicted molar refractivity (Wildman–Crippen MR) is 82.4 cm³/mol. The van der Waals surface area contributed by atoms with Gasteiger partial charge in [0.15, 0.2) is 0 Å². The van der Waals surface area contributed by atoms with Gasteiger partial charge < -0.3 is 5.32 Å². The summed E-state index contributed by atoms with van der Waals surface area (Å²) in [6.07, 6.45) is 3.62. The van der Waals surface area contributed by atoms with E-state index in [1.807, 2.05) is 20.0 Å². The normalized spacial score (nSPS) is 24.0. The molecule has 0 aliphatic carbocycles. The van der Waals surface area contributed by atoms with E-state index in [4.69, 9.17) is 0 Å². The largest absolute Gasteiger partial charge is 0.319 e. The van der Waals surface area contributed by atoms with Gasteiger partial charge in [-0.3, -0.25) is 4.90 Å². The summed E-state index contributed by atoms with van der Waals surface area (Å²) in [6, 6.07) is 6.13. The van der Waals surface area contributed by atoms with E-state index >= 15 is 0 Å². The lowest BCUT2D eigenvalue weighted by molar-refractivity contribution is 0.0922. The SMILES string of the molecule is CCCN1CCCC(CNC)C1c1ccc(C)c(F)c1. The van der Waals surface area contributed by atoms with Gasteiger partial charge in [-0.1, -0.05) is 19.1 Å². The topological polar surface area (TPSA) is 15.3 Å². The third-order valence-corrected chi connectivity index (χ3v) is 4.37. The minimum Gasteiger partial charge on any atom is -0.319 e. The second-order valence-electron chi connectivity index (χ2n) is 5.95. The molecule has 0 bridgehead atoms. The molecule has 1 fully saturated rings. The Labute approximate surface area is 122 Å². The maximum Gasteiger partial charge on any atom is 0.126 e. The third-order valence-electron chi connectivity index (χ3n) is 4.37. The number of hydrogen-bond donors (Lipinski definition) is 1. The molecule has 1 heterocycles. The molecule has 20 heavy (non-hydrogen) atoms. The van der Waals surface area contributed by atoms with E-state index in [1.54, 1.807) is 6.07 Å². The Bertz CT molecular complexity index is 415. The Hall–Kier alpha value is -0.930. The van der Waals surface area contributed by atoms with Gasteiger partial charge in [-0.05, 0) is 76.0 Å². The molecular weight excluding hydrogens is 251 g/mol. The maximum absolute atomic E-state index is 13.9. The lowest BCUT2D eigenvalue weighted by Crippen LogP contribution is -2.42. The van der Waals surface area contributed by atoms with Gasteiger partial charge in [0.05, 0.1) is 0 Å². The fourth-order valence-electron chi connectivity index (χ4n) is 3.44. The Kier molecular flexibility index (Phi) is 5.55. The maximum atomic E-state index is 13.9. The summed E-state index contributed by atoms with van der Waals surface area (Å²) < 4.78 is 13.9. The first-order valence-electron chi connectivity index (χ1n) is 7.82. The minimum absolute atomic E-state index is 0.0762. The molecular formula is C17H27FN2. The van der Waals surface area contributed by atoms with E-state index in [9.17, 15) is 4.39 Å². The molecule has 0 spiro atoms. The highest BCUT2D eigenvalue weighted by Gasteiger charge is 2.31. The molecule has 2 nitrogen and oxygen atoms in total. The fourth-order valence-corrected chi connectivity index (χ4v) is 3.44. The number of likely N-dealkylation sites (tertiary alicyclic amines) is 1. The van der Waals surface area contributed by atoms with Gasteiger partial charge in [0.25, 0.3) is 0 Å². The zero-order chi connectivity index (χ0) is 14.5. The van der Waals surface area contributed by atoms with Crippen LogP contribution in [0, 0.1) is 18.7 Å². The molecule has 0 radical (unpaired) electrons. The van der Waals surface area contributed by atoms with Crippen molar-refractivity contribution in [1.82, 2.24) is 10.2 Å². The predicted octanol–water partition coefficient (Wildman–Crippen LogP) is 3.52. The van der Waals surface area contributed by atoms with Crippen LogP contribution in [0.1, 0.15) is 43.4 Å². The van der Waals surface area contributed by atoms with Crippen molar-refractivity contribution >= 4 is 0 Å². The molecule has 1 aromatic rings. The molecule has 0 saturated carbocycles. The summed E-state index contributed by atoms with van der Waals surface area (Å²) in [5.74, 6) is 0.495. The van der Waals surface area contributed by atoms with E-state index in [-0.39, 0.29) is 5.82 Å². The van der Waals surface area contributed by atoms with Crippen molar-refractivity contribution in [2.24, 2.45) is 5.92 Å². The van der Waals surface area contributed by atoms with Crippen LogP contribution in [0.25, 0.3) is 0 Å². The van der Waals surface area contributed by atoms with Crippen molar-refractivity contribution < 1.29 is 4.39 Å². The molecule has 2 unspecified atom stereocenters. The second-order valence-corrected chi connectivity index (χ2v) is 5.95. The second kappa shape index (κ2) is 7.19. The van der Waals surface area contributed by atoms with Crippen molar-refractivity contribution in [3.63, 3.8) is 0 Å². The van der Waals surface area contributed by atoms with Crippen molar-refractivity contribution in [1.29, 1.82) is 0 Å². The molecule has 1 aliphatic heterocycles. The minimum atomic E-state index is -0.0762. The molecule has 0 amide bonds. The average Bonchev–Trinajstić information content (AvgIpc) is 2.43. The van der Waals surface area contributed by atoms with Crippen LogP contribution in [-0.4, -0.2) is 31.6 Å². The van der Waals surface area contributed by atoms with Gasteiger partial charge in [0, 0.05) is 6.04 Å². The summed E-state index contributed by atoms with van der Waals surface area (Å²) in [4.78, 5) is 2.54. The molecule has 1 aliphatic rings. The highest BCUT2D eigenvalue weighted by Crippen LogP contribution is 2.36. The molecule has 1 saturated heterocycles. The molecule has 2 atom stereocenters. The number of piperidine rings is 1. The Morgan fingerprint density at radius 2 is 2.20 bits per heavy atom. The van der Waals surface area contributed by atoms with Crippen LogP contribution >= 0.6 is 0 Å². The first-order chi connectivity index (χ1) is 9.67. The van der Waals surface area contributed by atoms with Crippen LogP contribution in [0.3, 0.4) is 0 Å². The summed E-state index contributed by atoms with van der Waals surface area (Å²) >= 11 is 0. The van der Waals surface area contributed by atoms with Crippen molar-refractivity contribution in [2.75, 3.05) is 26.7 Å². The van der Waals surface area contributed by atoms with E-state index in [1.165, 1.54) is 12.8 Å². The number of benzene rings is 1. The van der Waals surface area contributed by atoms with E-state index < -0.39 is 0 Å². The molecule has 112 valence electrons. The zero-order valence-electron chi connectivity index (χ0n) is 13.0. The lowest BCUT2D eigenvalue weighted by atomic mass is 9.84. The van der Waals surface area contributed by atoms with E-state index in [0.29, 0.717) is 12.0 Å². The van der Waals surface area contributed by atoms with Gasteiger partial charge in [-0.15, -0.1) is 0 Å². The Balaban J connectivity index is 2.29. The quantitative estimate of drug-likeness (QED) is 0.886. The third kappa shape index (κ3) is 3.39. The van der Waals surface area contributed by atoms with E-state index in [0.717, 1.165) is 37.2 Å². The number of nitrogens with zero attached hydrogens (tertiary/aromatic N) is 1. The van der Waals surface area contributed by atoms with E-state index in [2.05, 4.69) is 23.2 Å². The first-order valence-corrected chi connectivity index (χ1v) is 7.82. The number of aryl methyl sites for hydroxylation is 1. The van der Waals surface area contributed by atoms with Crippen LogP contribution < -0.4 is 5.32 Å². The smallest absolute Gasteiger partial charge is 0.126 e. The van der Waals surface area contributed by atoms with Crippen molar-refractivity contribution in [3.8, 4) is 0 Å². The molecule has 2 rings (SSSR count). The van der Waals surface area contributed by atoms with Gasteiger partial charge in [0.1, 0.15) is 5.82 Å². The number of rotatable bonds is 5. The van der Waals surface area contributed by atoms with Gasteiger partial charge in [-0.25, -0.2) is 4.39 Å². The van der Waals surface area contributed by atoms with Crippen LogP contribution in [-0.2, 0) is 0 Å². The van der Waals surface area contributed by atoms with Crippen LogP contribution in [0.5, 0.6) is 0 Å². The Morgan fingerprint density at radius 3 is 2.85 bits per heavy atom. The first kappa shape index (κ1) is 15.5. The summed E-state index contributed by atoms with van der Waals surface area (Å²) in [7, 11) is 2.01. The van der Waals surface area contributed by atoms with Crippen LogP contribution in [0.2, 0.25) is 0 Å². The summed E-state index contributed by atoms with van der Waals surface area (Å²) in [6.45, 7) is 7.28. The zero-order valence-corrected chi connectivity index (χ0v) is 13.0. The standard InChI is InChI=1S/C17H27FN2/c1-4-9-20-10-5-6-15(12-19-3)17(20)14-8-7-13(2)16(18)11-14/h7-8,11,15,17,19H,4-6,9-10,12H2,1-3H3. The van der Waals surface area contributed by atoms with Crippen molar-refractivity contribution in [2.45, 2.75) is 39.2 Å². The highest BCUT2D eigenvalue weighted by atomic mass is 19.1. The van der Waals surface area contributed by atoms with Gasteiger partial charge in [-0.2, -0.15) is 0 Å². The summed E-state index contributed by atoms with van der Waals surface area (Å²) in [5.41, 5.74) is 1.87. The number of halogens is 1. The van der Waals surface area contributed by atoms with Gasteiger partial charge in [0.2, 0.25) is 0 Å². The average molecular weight is 278 g/mol. The fraction of sp³-hybridized carbons (Fsp3) is 0.647. The molecule has 0 aromatic heterocycles. The van der Waals surface area contributed by atoms with Crippen LogP contribution in [0.4, 0.5) is 4.39 Å². The van der Waals surface area contributed by atoms with Gasteiger partial charge >= 0.3 is 0 Å². The Morgan fingerprint density at radius 1 is 1.40 bits per heavy atom. The highest BCUT2D eigenvalue weighted by molar-refractivity contribution is 5.27. The number of hydrogen-bond acceptors (Lipinski definition) is 2. The van der Waals surface area contributed by atoms with Crippen molar-refractivity contribution in [3.05, 3.63) is 35.1 Å². The monoisotopic (exact) mass is 278 g/mol. The molecule has 1 aromatic carbocycles. The summed E-state index contributed by atoms with van der Waals surface area (Å²) in [5, 5.41) is 3.31.